The molecule has 2 nitrogen and oxygen atoms in total. The Labute approximate surface area is 145 Å². The van der Waals surface area contributed by atoms with E-state index in [-0.39, 0.29) is 6.04 Å². The first-order valence-corrected chi connectivity index (χ1v) is 8.71. The van der Waals surface area contributed by atoms with E-state index in [0.717, 1.165) is 11.5 Å². The Kier molecular flexibility index (Phi) is 4.52. The van der Waals surface area contributed by atoms with Crippen LogP contribution in [0, 0.1) is 16.4 Å². The van der Waals surface area contributed by atoms with Crippen LogP contribution in [0.25, 0.3) is 11.1 Å². The fraction of sp³-hybridized carbons (Fsp3) is 0.316. The van der Waals surface area contributed by atoms with Crippen molar-refractivity contribution >= 4 is 28.5 Å². The van der Waals surface area contributed by atoms with E-state index in [4.69, 9.17) is 9.73 Å². The van der Waals surface area contributed by atoms with Gasteiger partial charge in [0.2, 0.25) is 5.90 Å². The molecule has 0 unspecified atom stereocenters. The summed E-state index contributed by atoms with van der Waals surface area (Å²) in [5.41, 5.74) is 4.83. The summed E-state index contributed by atoms with van der Waals surface area (Å²) in [4.78, 5) is 4.81. The topological polar surface area (TPSA) is 21.6 Å². The monoisotopic (exact) mass is 405 g/mol. The molecule has 0 radical (unpaired) electrons. The highest BCUT2D eigenvalue weighted by atomic mass is 127. The fourth-order valence-electron chi connectivity index (χ4n) is 2.75. The number of nitrogens with zero attached hydrogens (tertiary/aromatic N) is 1. The van der Waals surface area contributed by atoms with E-state index in [9.17, 15) is 0 Å². The Morgan fingerprint density at radius 3 is 2.50 bits per heavy atom. The summed E-state index contributed by atoms with van der Waals surface area (Å²) in [5, 5.41) is 0. The van der Waals surface area contributed by atoms with Crippen molar-refractivity contribution in [3.63, 3.8) is 0 Å². The quantitative estimate of drug-likeness (QED) is 0.654. The molecule has 0 aromatic heterocycles. The number of hydrogen-bond acceptors (Lipinski definition) is 2. The second-order valence-electron chi connectivity index (χ2n) is 6.03. The Morgan fingerprint density at radius 1 is 1.09 bits per heavy atom. The van der Waals surface area contributed by atoms with Crippen LogP contribution < -0.4 is 0 Å². The normalized spacial score (nSPS) is 17.5. The number of aliphatic imine (C=N–C) groups is 1. The molecule has 0 N–H and O–H groups in total. The van der Waals surface area contributed by atoms with E-state index >= 15 is 0 Å². The molecule has 2 aromatic rings. The predicted octanol–water partition coefficient (Wildman–Crippen LogP) is 5.07. The van der Waals surface area contributed by atoms with Crippen LogP contribution in [0.15, 0.2) is 47.5 Å². The number of hydrogen-bond donors (Lipinski definition) is 0. The molecule has 3 rings (SSSR count). The molecule has 1 aliphatic rings. The number of aryl methyl sites for hydroxylation is 1. The Morgan fingerprint density at radius 2 is 1.82 bits per heavy atom. The van der Waals surface area contributed by atoms with Gasteiger partial charge in [-0.2, -0.15) is 0 Å². The lowest BCUT2D eigenvalue weighted by atomic mass is 9.95. The maximum absolute atomic E-state index is 5.92. The van der Waals surface area contributed by atoms with Crippen molar-refractivity contribution < 1.29 is 4.74 Å². The van der Waals surface area contributed by atoms with Gasteiger partial charge in [-0.3, -0.25) is 0 Å². The molecule has 22 heavy (non-hydrogen) atoms. The maximum Gasteiger partial charge on any atom is 0.217 e. The molecule has 1 aliphatic heterocycles. The first kappa shape index (κ1) is 15.5. The third-order valence-corrected chi connectivity index (χ3v) is 5.03. The third-order valence-electron chi connectivity index (χ3n) is 4.09. The Hall–Kier alpha value is -1.36. The highest BCUT2D eigenvalue weighted by Crippen LogP contribution is 2.33. The van der Waals surface area contributed by atoms with E-state index in [2.05, 4.69) is 85.8 Å². The second-order valence-corrected chi connectivity index (χ2v) is 7.20. The first-order chi connectivity index (χ1) is 10.6. The average molecular weight is 405 g/mol. The Balaban J connectivity index is 2.13. The van der Waals surface area contributed by atoms with Crippen LogP contribution in [-0.2, 0) is 4.74 Å². The molecule has 0 amide bonds. The molecule has 3 heteroatoms. The van der Waals surface area contributed by atoms with Gasteiger partial charge in [0.1, 0.15) is 6.61 Å². The van der Waals surface area contributed by atoms with E-state index in [1.54, 1.807) is 0 Å². The SMILES string of the molecule is Cc1cccc(C2=N[C@@H](C(C)C)CO2)c1-c1ccccc1I. The average Bonchev–Trinajstić information content (AvgIpc) is 2.98. The van der Waals surface area contributed by atoms with Gasteiger partial charge in [0.05, 0.1) is 6.04 Å². The lowest BCUT2D eigenvalue weighted by molar-refractivity contribution is 0.292. The van der Waals surface area contributed by atoms with Crippen LogP contribution in [0.2, 0.25) is 0 Å². The minimum Gasteiger partial charge on any atom is -0.475 e. The molecule has 1 heterocycles. The second kappa shape index (κ2) is 6.41. The summed E-state index contributed by atoms with van der Waals surface area (Å²) in [6.45, 7) is 7.22. The lowest BCUT2D eigenvalue weighted by Crippen LogP contribution is -2.13. The van der Waals surface area contributed by atoms with E-state index in [1.165, 1.54) is 20.3 Å². The highest BCUT2D eigenvalue weighted by Gasteiger charge is 2.25. The highest BCUT2D eigenvalue weighted by molar-refractivity contribution is 14.1. The molecule has 114 valence electrons. The van der Waals surface area contributed by atoms with Crippen LogP contribution in [0.4, 0.5) is 0 Å². The van der Waals surface area contributed by atoms with Gasteiger partial charge < -0.3 is 4.74 Å². The zero-order valence-corrected chi connectivity index (χ0v) is 15.3. The summed E-state index contributed by atoms with van der Waals surface area (Å²) in [6.07, 6.45) is 0. The van der Waals surface area contributed by atoms with Crippen LogP contribution in [0.3, 0.4) is 0 Å². The standard InChI is InChI=1S/C19H20INO/c1-12(2)17-11-22-19(21-17)15-9-6-7-13(3)18(15)14-8-4-5-10-16(14)20/h4-10,12,17H,11H2,1-3H3/t17-/m1/s1. The first-order valence-electron chi connectivity index (χ1n) is 7.63. The summed E-state index contributed by atoms with van der Waals surface area (Å²) in [6, 6.07) is 15.1. The van der Waals surface area contributed by atoms with Crippen LogP contribution >= 0.6 is 22.6 Å². The smallest absolute Gasteiger partial charge is 0.217 e. The predicted molar refractivity (Wildman–Crippen MR) is 100 cm³/mol. The molecule has 0 spiro atoms. The molecule has 1 atom stereocenters. The number of ether oxygens (including phenoxy) is 1. The lowest BCUT2D eigenvalue weighted by Gasteiger charge is -2.14. The molecule has 0 aliphatic carbocycles. The van der Waals surface area contributed by atoms with Crippen molar-refractivity contribution in [2.45, 2.75) is 26.8 Å². The van der Waals surface area contributed by atoms with Crippen LogP contribution in [-0.4, -0.2) is 18.5 Å². The zero-order valence-electron chi connectivity index (χ0n) is 13.1. The van der Waals surface area contributed by atoms with Crippen molar-refractivity contribution in [1.29, 1.82) is 0 Å². The minimum absolute atomic E-state index is 0.262. The summed E-state index contributed by atoms with van der Waals surface area (Å²) < 4.78 is 7.16. The van der Waals surface area contributed by atoms with Gasteiger partial charge >= 0.3 is 0 Å². The minimum atomic E-state index is 0.262. The van der Waals surface area contributed by atoms with Gasteiger partial charge in [-0.15, -0.1) is 0 Å². The van der Waals surface area contributed by atoms with Gasteiger partial charge in [0.15, 0.2) is 0 Å². The van der Waals surface area contributed by atoms with Crippen molar-refractivity contribution in [2.24, 2.45) is 10.9 Å². The summed E-state index contributed by atoms with van der Waals surface area (Å²) in [7, 11) is 0. The van der Waals surface area contributed by atoms with Gasteiger partial charge in [-0.25, -0.2) is 4.99 Å². The zero-order chi connectivity index (χ0) is 15.7. The van der Waals surface area contributed by atoms with Crippen LogP contribution in [0.1, 0.15) is 25.0 Å². The molecule has 0 fully saturated rings. The fourth-order valence-corrected chi connectivity index (χ4v) is 3.40. The molecule has 0 saturated carbocycles. The van der Waals surface area contributed by atoms with Gasteiger partial charge in [0, 0.05) is 9.13 Å². The van der Waals surface area contributed by atoms with E-state index in [1.807, 2.05) is 0 Å². The van der Waals surface area contributed by atoms with Gasteiger partial charge in [-0.05, 0) is 64.3 Å². The molecule has 2 aromatic carbocycles. The molecule has 0 bridgehead atoms. The van der Waals surface area contributed by atoms with Crippen molar-refractivity contribution in [3.05, 3.63) is 57.2 Å². The van der Waals surface area contributed by atoms with Gasteiger partial charge in [-0.1, -0.05) is 44.2 Å². The third kappa shape index (κ3) is 2.91. The van der Waals surface area contributed by atoms with Gasteiger partial charge in [0.25, 0.3) is 0 Å². The molecular weight excluding hydrogens is 385 g/mol. The molecular formula is C19H20INO. The van der Waals surface area contributed by atoms with Crippen molar-refractivity contribution in [1.82, 2.24) is 0 Å². The number of benzene rings is 2. The van der Waals surface area contributed by atoms with E-state index in [0.29, 0.717) is 12.5 Å². The maximum atomic E-state index is 5.92. The van der Waals surface area contributed by atoms with Crippen molar-refractivity contribution in [2.75, 3.05) is 6.61 Å². The van der Waals surface area contributed by atoms with E-state index < -0.39 is 0 Å². The molecule has 0 saturated heterocycles. The summed E-state index contributed by atoms with van der Waals surface area (Å²) >= 11 is 2.39. The van der Waals surface area contributed by atoms with Crippen molar-refractivity contribution in [3.8, 4) is 11.1 Å². The largest absolute Gasteiger partial charge is 0.475 e. The number of rotatable bonds is 3. The Bertz CT molecular complexity index is 721. The van der Waals surface area contributed by atoms with Crippen LogP contribution in [0.5, 0.6) is 0 Å². The number of halogens is 1. The summed E-state index contributed by atoms with van der Waals surface area (Å²) in [5.74, 6) is 1.29.